The highest BCUT2D eigenvalue weighted by atomic mass is 16.3. The van der Waals surface area contributed by atoms with Crippen molar-refractivity contribution in [2.45, 2.75) is 33.7 Å². The van der Waals surface area contributed by atoms with Crippen molar-refractivity contribution in [2.24, 2.45) is 5.73 Å². The second-order valence-electron chi connectivity index (χ2n) is 3.66. The summed E-state index contributed by atoms with van der Waals surface area (Å²) in [6.45, 7) is 7.85. The smallest absolute Gasteiger partial charge is 0.119 e. The Morgan fingerprint density at radius 3 is 2.23 bits per heavy atom. The molecule has 3 N–H and O–H groups in total. The van der Waals surface area contributed by atoms with Crippen molar-refractivity contribution in [3.8, 4) is 5.75 Å². The van der Waals surface area contributed by atoms with Gasteiger partial charge in [0.15, 0.2) is 0 Å². The first-order valence-electron chi connectivity index (χ1n) is 4.50. The van der Waals surface area contributed by atoms with Gasteiger partial charge in [-0.15, -0.1) is 0 Å². The van der Waals surface area contributed by atoms with Crippen molar-refractivity contribution >= 4 is 0 Å². The number of hydrogen-bond acceptors (Lipinski definition) is 2. The zero-order valence-electron chi connectivity index (χ0n) is 8.68. The first-order valence-corrected chi connectivity index (χ1v) is 4.50. The summed E-state index contributed by atoms with van der Waals surface area (Å²) in [5.41, 5.74) is 10.1. The first-order chi connectivity index (χ1) is 5.95. The van der Waals surface area contributed by atoms with Crippen LogP contribution in [-0.4, -0.2) is 5.11 Å². The molecule has 0 aromatic heterocycles. The number of rotatable bonds is 1. The Morgan fingerprint density at radius 2 is 1.77 bits per heavy atom. The van der Waals surface area contributed by atoms with Gasteiger partial charge in [0.2, 0.25) is 0 Å². The molecule has 0 aliphatic heterocycles. The molecule has 1 rings (SSSR count). The van der Waals surface area contributed by atoms with Gasteiger partial charge in [-0.05, 0) is 56.0 Å². The highest BCUT2D eigenvalue weighted by Gasteiger charge is 2.11. The molecule has 72 valence electrons. The predicted octanol–water partition coefficient (Wildman–Crippen LogP) is 2.34. The van der Waals surface area contributed by atoms with Gasteiger partial charge in [0.25, 0.3) is 0 Å². The zero-order chi connectivity index (χ0) is 10.2. The summed E-state index contributed by atoms with van der Waals surface area (Å²) in [6.07, 6.45) is 0. The third kappa shape index (κ3) is 1.68. The maximum absolute atomic E-state index is 9.55. The van der Waals surface area contributed by atoms with E-state index >= 15 is 0 Å². The van der Waals surface area contributed by atoms with Gasteiger partial charge in [-0.3, -0.25) is 0 Å². The third-order valence-electron chi connectivity index (χ3n) is 2.58. The summed E-state index contributed by atoms with van der Waals surface area (Å²) in [5, 5.41) is 9.55. The van der Waals surface area contributed by atoms with Gasteiger partial charge in [0.1, 0.15) is 5.75 Å². The topological polar surface area (TPSA) is 46.2 Å². The van der Waals surface area contributed by atoms with Gasteiger partial charge in [0.05, 0.1) is 0 Å². The number of benzene rings is 1. The van der Waals surface area contributed by atoms with Gasteiger partial charge < -0.3 is 10.8 Å². The summed E-state index contributed by atoms with van der Waals surface area (Å²) in [6, 6.07) is 1.81. The van der Waals surface area contributed by atoms with Crippen LogP contribution in [0, 0.1) is 20.8 Å². The molecular weight excluding hydrogens is 162 g/mol. The van der Waals surface area contributed by atoms with Crippen molar-refractivity contribution in [1.29, 1.82) is 0 Å². The second kappa shape index (κ2) is 3.38. The lowest BCUT2D eigenvalue weighted by atomic mass is 9.93. The Balaban J connectivity index is 3.44. The number of nitrogens with two attached hydrogens (primary N) is 1. The molecule has 0 spiro atoms. The summed E-state index contributed by atoms with van der Waals surface area (Å²) < 4.78 is 0. The molecule has 1 aromatic carbocycles. The molecule has 1 unspecified atom stereocenters. The molecule has 13 heavy (non-hydrogen) atoms. The molecule has 1 aromatic rings. The number of phenolic OH excluding ortho intramolecular Hbond substituents is 1. The third-order valence-corrected chi connectivity index (χ3v) is 2.58. The van der Waals surface area contributed by atoms with E-state index in [4.69, 9.17) is 5.73 Å². The molecule has 0 fully saturated rings. The van der Waals surface area contributed by atoms with Crippen LogP contribution >= 0.6 is 0 Å². The Morgan fingerprint density at radius 1 is 1.23 bits per heavy atom. The fourth-order valence-corrected chi connectivity index (χ4v) is 1.78. The molecule has 0 amide bonds. The van der Waals surface area contributed by atoms with Crippen molar-refractivity contribution in [2.75, 3.05) is 0 Å². The molecule has 1 atom stereocenters. The van der Waals surface area contributed by atoms with Gasteiger partial charge in [0, 0.05) is 6.04 Å². The molecular formula is C11H17NO. The van der Waals surface area contributed by atoms with Crippen molar-refractivity contribution in [3.05, 3.63) is 28.3 Å². The summed E-state index contributed by atoms with van der Waals surface area (Å²) >= 11 is 0. The van der Waals surface area contributed by atoms with Crippen LogP contribution in [0.15, 0.2) is 6.07 Å². The molecule has 0 aliphatic rings. The van der Waals surface area contributed by atoms with Crippen LogP contribution in [0.1, 0.15) is 35.2 Å². The SMILES string of the molecule is Cc1cc(O)c(C)c(C)c1C(C)N. The highest BCUT2D eigenvalue weighted by Crippen LogP contribution is 2.29. The second-order valence-corrected chi connectivity index (χ2v) is 3.66. The average molecular weight is 179 g/mol. The first kappa shape index (κ1) is 10.1. The minimum absolute atomic E-state index is 0.0271. The average Bonchev–Trinajstić information content (AvgIpc) is 1.99. The van der Waals surface area contributed by atoms with Crippen LogP contribution in [0.3, 0.4) is 0 Å². The molecule has 0 heterocycles. The van der Waals surface area contributed by atoms with Gasteiger partial charge >= 0.3 is 0 Å². The predicted molar refractivity (Wildman–Crippen MR) is 54.9 cm³/mol. The number of phenols is 1. The Bertz CT molecular complexity index is 329. The Kier molecular flexibility index (Phi) is 2.62. The van der Waals surface area contributed by atoms with Crippen LogP contribution in [0.25, 0.3) is 0 Å². The quantitative estimate of drug-likeness (QED) is 0.695. The molecule has 2 heteroatoms. The molecule has 0 bridgehead atoms. The van der Waals surface area contributed by atoms with Gasteiger partial charge in [-0.1, -0.05) is 0 Å². The van der Waals surface area contributed by atoms with Crippen LogP contribution in [0.2, 0.25) is 0 Å². The summed E-state index contributed by atoms with van der Waals surface area (Å²) in [4.78, 5) is 0. The van der Waals surface area contributed by atoms with Gasteiger partial charge in [-0.25, -0.2) is 0 Å². The highest BCUT2D eigenvalue weighted by molar-refractivity contribution is 5.48. The lowest BCUT2D eigenvalue weighted by Gasteiger charge is -2.16. The minimum atomic E-state index is 0.0271. The van der Waals surface area contributed by atoms with E-state index in [1.807, 2.05) is 27.7 Å². The van der Waals surface area contributed by atoms with Crippen molar-refractivity contribution < 1.29 is 5.11 Å². The molecule has 0 radical (unpaired) electrons. The number of aryl methyl sites for hydroxylation is 1. The number of aromatic hydroxyl groups is 1. The van der Waals surface area contributed by atoms with E-state index in [0.717, 1.165) is 22.3 Å². The fraction of sp³-hybridized carbons (Fsp3) is 0.455. The molecule has 0 aliphatic carbocycles. The minimum Gasteiger partial charge on any atom is -0.508 e. The maximum Gasteiger partial charge on any atom is 0.119 e. The normalized spacial score (nSPS) is 13.0. The molecule has 0 saturated carbocycles. The van der Waals surface area contributed by atoms with E-state index < -0.39 is 0 Å². The van der Waals surface area contributed by atoms with Crippen LogP contribution < -0.4 is 5.73 Å². The zero-order valence-corrected chi connectivity index (χ0v) is 8.68. The standard InChI is InChI=1S/C11H17NO/c1-6-5-10(13)7(2)8(3)11(6)9(4)12/h5,9,13H,12H2,1-4H3. The van der Waals surface area contributed by atoms with E-state index in [1.54, 1.807) is 6.07 Å². The van der Waals surface area contributed by atoms with E-state index in [-0.39, 0.29) is 6.04 Å². The van der Waals surface area contributed by atoms with E-state index in [1.165, 1.54) is 0 Å². The van der Waals surface area contributed by atoms with E-state index in [0.29, 0.717) is 5.75 Å². The van der Waals surface area contributed by atoms with Gasteiger partial charge in [-0.2, -0.15) is 0 Å². The monoisotopic (exact) mass is 179 g/mol. The Labute approximate surface area is 79.4 Å². The van der Waals surface area contributed by atoms with E-state index in [9.17, 15) is 5.11 Å². The molecule has 2 nitrogen and oxygen atoms in total. The maximum atomic E-state index is 9.55. The lowest BCUT2D eigenvalue weighted by Crippen LogP contribution is -2.10. The Hall–Kier alpha value is -1.02. The van der Waals surface area contributed by atoms with E-state index in [2.05, 4.69) is 0 Å². The van der Waals surface area contributed by atoms with Crippen LogP contribution in [-0.2, 0) is 0 Å². The van der Waals surface area contributed by atoms with Crippen LogP contribution in [0.5, 0.6) is 5.75 Å². The lowest BCUT2D eigenvalue weighted by molar-refractivity contribution is 0.469. The summed E-state index contributed by atoms with van der Waals surface area (Å²) in [7, 11) is 0. The summed E-state index contributed by atoms with van der Waals surface area (Å²) in [5.74, 6) is 0.361. The van der Waals surface area contributed by atoms with Crippen molar-refractivity contribution in [1.82, 2.24) is 0 Å². The molecule has 0 saturated heterocycles. The number of hydrogen-bond donors (Lipinski definition) is 2. The van der Waals surface area contributed by atoms with Crippen LogP contribution in [0.4, 0.5) is 0 Å². The fourth-order valence-electron chi connectivity index (χ4n) is 1.78. The largest absolute Gasteiger partial charge is 0.508 e. The van der Waals surface area contributed by atoms with Crippen molar-refractivity contribution in [3.63, 3.8) is 0 Å².